The Kier molecular flexibility index (Phi) is 11.1. The van der Waals surface area contributed by atoms with E-state index in [0.29, 0.717) is 11.1 Å². The number of amides is 2. The molecule has 0 aliphatic carbocycles. The molecule has 4 aromatic rings. The van der Waals surface area contributed by atoms with Crippen LogP contribution in [0.3, 0.4) is 0 Å². The van der Waals surface area contributed by atoms with Crippen molar-refractivity contribution in [2.75, 3.05) is 10.6 Å². The number of aliphatic hydroxyl groups is 2. The summed E-state index contributed by atoms with van der Waals surface area (Å²) in [5.41, 5.74) is 3.04. The number of hydrogen-bond donors (Lipinski definition) is 6. The predicted molar refractivity (Wildman–Crippen MR) is 165 cm³/mol. The summed E-state index contributed by atoms with van der Waals surface area (Å²) in [6, 6.07) is 27.0. The molecule has 0 fully saturated rings. The van der Waals surface area contributed by atoms with Gasteiger partial charge in [-0.2, -0.15) is 0 Å². The van der Waals surface area contributed by atoms with Crippen molar-refractivity contribution < 1.29 is 39.5 Å². The molecule has 0 saturated carbocycles. The van der Waals surface area contributed by atoms with Crippen LogP contribution in [0.25, 0.3) is 0 Å². The van der Waals surface area contributed by atoms with E-state index in [1.54, 1.807) is 74.5 Å². The normalized spacial score (nSPS) is 13.8. The molecular formula is C34H36N2O8. The number of aromatic hydroxyl groups is 2. The van der Waals surface area contributed by atoms with Crippen molar-refractivity contribution in [3.05, 3.63) is 119 Å². The number of hydrogen-bond acceptors (Lipinski definition) is 8. The quantitative estimate of drug-likeness (QED) is 0.125. The molecule has 44 heavy (non-hydrogen) atoms. The smallest absolute Gasteiger partial charge is 0.256 e. The topological polar surface area (TPSA) is 158 Å². The average Bonchev–Trinajstić information content (AvgIpc) is 3.01. The first-order valence-electron chi connectivity index (χ1n) is 14.0. The minimum absolute atomic E-state index is 0.0695. The van der Waals surface area contributed by atoms with Crippen molar-refractivity contribution >= 4 is 23.2 Å². The van der Waals surface area contributed by atoms with E-state index in [2.05, 4.69) is 10.6 Å². The monoisotopic (exact) mass is 600 g/mol. The van der Waals surface area contributed by atoms with Crippen LogP contribution in [0.1, 0.15) is 22.3 Å². The van der Waals surface area contributed by atoms with E-state index in [9.17, 15) is 30.0 Å². The largest absolute Gasteiger partial charge is 0.506 e. The number of aryl methyl sites for hydroxylation is 2. The number of carbonyl (C=O) groups is 2. The van der Waals surface area contributed by atoms with E-state index in [0.717, 1.165) is 11.1 Å². The van der Waals surface area contributed by atoms with E-state index in [-0.39, 0.29) is 36.1 Å². The number of rotatable bonds is 13. The van der Waals surface area contributed by atoms with Gasteiger partial charge in [0, 0.05) is 0 Å². The molecule has 0 aromatic heterocycles. The van der Waals surface area contributed by atoms with Crippen molar-refractivity contribution in [2.24, 2.45) is 0 Å². The third-order valence-electron chi connectivity index (χ3n) is 6.85. The summed E-state index contributed by atoms with van der Waals surface area (Å²) in [5, 5.41) is 48.5. The van der Waals surface area contributed by atoms with Gasteiger partial charge in [-0.05, 0) is 60.4 Å². The molecular weight excluding hydrogens is 564 g/mol. The minimum Gasteiger partial charge on any atom is -0.506 e. The van der Waals surface area contributed by atoms with Crippen LogP contribution in [0.4, 0.5) is 11.4 Å². The van der Waals surface area contributed by atoms with Crippen molar-refractivity contribution in [1.29, 1.82) is 0 Å². The molecule has 0 heterocycles. The highest BCUT2D eigenvalue weighted by atomic mass is 16.5. The third kappa shape index (κ3) is 8.65. The molecule has 4 atom stereocenters. The lowest BCUT2D eigenvalue weighted by Crippen LogP contribution is -2.54. The van der Waals surface area contributed by atoms with Crippen molar-refractivity contribution in [1.82, 2.24) is 0 Å². The van der Waals surface area contributed by atoms with E-state index < -0.39 is 36.2 Å². The third-order valence-corrected chi connectivity index (χ3v) is 6.85. The van der Waals surface area contributed by atoms with Crippen LogP contribution in [0, 0.1) is 13.8 Å². The second kappa shape index (κ2) is 15.1. The number of aliphatic hydroxyl groups excluding tert-OH is 2. The molecule has 230 valence electrons. The fraction of sp³-hybridized carbons (Fsp3) is 0.235. The van der Waals surface area contributed by atoms with Crippen LogP contribution in [0.2, 0.25) is 0 Å². The summed E-state index contributed by atoms with van der Waals surface area (Å²) in [4.78, 5) is 26.9. The Morgan fingerprint density at radius 2 is 0.977 bits per heavy atom. The van der Waals surface area contributed by atoms with Crippen LogP contribution in [-0.2, 0) is 32.3 Å². The number of phenolic OH excluding ortho intramolecular Hbond substituents is 2. The van der Waals surface area contributed by atoms with E-state index in [1.165, 1.54) is 24.3 Å². The Balaban J connectivity index is 1.60. The zero-order valence-corrected chi connectivity index (χ0v) is 24.4. The Morgan fingerprint density at radius 3 is 1.32 bits per heavy atom. The van der Waals surface area contributed by atoms with Crippen molar-refractivity contribution in [3.63, 3.8) is 0 Å². The van der Waals surface area contributed by atoms with Gasteiger partial charge in [-0.15, -0.1) is 0 Å². The number of nitrogens with one attached hydrogen (secondary N) is 2. The van der Waals surface area contributed by atoms with Crippen LogP contribution in [0.5, 0.6) is 11.5 Å². The Labute approximate surface area is 255 Å². The average molecular weight is 601 g/mol. The van der Waals surface area contributed by atoms with Crippen LogP contribution >= 0.6 is 0 Å². The Morgan fingerprint density at radius 1 is 0.614 bits per heavy atom. The number of benzene rings is 4. The molecule has 0 aliphatic rings. The second-order valence-electron chi connectivity index (χ2n) is 10.4. The molecule has 4 aromatic carbocycles. The van der Waals surface area contributed by atoms with Gasteiger partial charge >= 0.3 is 0 Å². The molecule has 0 spiro atoms. The second-order valence-corrected chi connectivity index (χ2v) is 10.4. The van der Waals surface area contributed by atoms with E-state index in [1.807, 2.05) is 12.1 Å². The summed E-state index contributed by atoms with van der Waals surface area (Å²) in [7, 11) is 0. The van der Waals surface area contributed by atoms with Crippen LogP contribution < -0.4 is 10.6 Å². The molecule has 0 radical (unpaired) electrons. The molecule has 10 heteroatoms. The zero-order chi connectivity index (χ0) is 31.6. The molecule has 4 rings (SSSR count). The number of carbonyl (C=O) groups excluding carboxylic acids is 2. The van der Waals surface area contributed by atoms with Gasteiger partial charge in [0.25, 0.3) is 11.8 Å². The summed E-state index contributed by atoms with van der Waals surface area (Å²) in [5.74, 6) is -2.14. The Hall–Kier alpha value is -4.74. The van der Waals surface area contributed by atoms with Crippen molar-refractivity contribution in [3.8, 4) is 11.5 Å². The predicted octanol–water partition coefficient (Wildman–Crippen LogP) is 4.18. The molecule has 0 saturated heterocycles. The summed E-state index contributed by atoms with van der Waals surface area (Å²) < 4.78 is 11.6. The van der Waals surface area contributed by atoms with Gasteiger partial charge in [0.05, 0.1) is 24.6 Å². The maximum absolute atomic E-state index is 13.5. The Bertz CT molecular complexity index is 1430. The van der Waals surface area contributed by atoms with Gasteiger partial charge in [-0.25, -0.2) is 0 Å². The SMILES string of the molecule is Cc1ccc(NC(=O)[C@H](OCc2ccccc2)[C@H](O)[C@@H](O)[C@@H](OCc2ccccc2)C(=O)Nc2ccc(C)cc2O)c(O)c1. The van der Waals surface area contributed by atoms with Gasteiger partial charge in [-0.1, -0.05) is 72.8 Å². The first kappa shape index (κ1) is 32.2. The molecule has 0 bridgehead atoms. The molecule has 0 aliphatic heterocycles. The number of ether oxygens (including phenoxy) is 2. The maximum atomic E-state index is 13.5. The van der Waals surface area contributed by atoms with Gasteiger partial charge in [0.15, 0.2) is 12.2 Å². The lowest BCUT2D eigenvalue weighted by Gasteiger charge is -2.31. The standard InChI is InChI=1S/C34H36N2O8/c1-21-13-15-25(27(37)17-21)35-33(41)31(43-19-23-9-5-3-6-10-23)29(39)30(40)32(44-20-24-11-7-4-8-12-24)34(42)36-26-16-14-22(2)18-28(26)38/h3-18,29-32,37-40H,19-20H2,1-2H3,(H,35,41)(H,36,42)/t29-,30-,31-,32-/m1/s1. The van der Waals surface area contributed by atoms with Crippen molar-refractivity contribution in [2.45, 2.75) is 51.5 Å². The lowest BCUT2D eigenvalue weighted by atomic mass is 10.0. The van der Waals surface area contributed by atoms with Gasteiger partial charge in [-0.3, -0.25) is 9.59 Å². The van der Waals surface area contributed by atoms with Gasteiger partial charge < -0.3 is 40.5 Å². The van der Waals surface area contributed by atoms with Gasteiger partial charge in [0.1, 0.15) is 23.7 Å². The highest BCUT2D eigenvalue weighted by Crippen LogP contribution is 2.27. The fourth-order valence-corrected chi connectivity index (χ4v) is 4.44. The summed E-state index contributed by atoms with van der Waals surface area (Å²) in [6.45, 7) is 3.32. The molecule has 10 nitrogen and oxygen atoms in total. The summed E-state index contributed by atoms with van der Waals surface area (Å²) >= 11 is 0. The maximum Gasteiger partial charge on any atom is 0.256 e. The first-order chi connectivity index (χ1) is 21.1. The van der Waals surface area contributed by atoms with Crippen LogP contribution in [0.15, 0.2) is 97.1 Å². The highest BCUT2D eigenvalue weighted by Gasteiger charge is 2.41. The zero-order valence-electron chi connectivity index (χ0n) is 24.4. The highest BCUT2D eigenvalue weighted by molar-refractivity contribution is 5.97. The molecule has 2 amide bonds. The van der Waals surface area contributed by atoms with Gasteiger partial charge in [0.2, 0.25) is 0 Å². The summed E-state index contributed by atoms with van der Waals surface area (Å²) in [6.07, 6.45) is -7.34. The first-order valence-corrected chi connectivity index (χ1v) is 14.0. The number of phenols is 2. The van der Waals surface area contributed by atoms with E-state index in [4.69, 9.17) is 9.47 Å². The van der Waals surface area contributed by atoms with Crippen LogP contribution in [-0.4, -0.2) is 56.7 Å². The minimum atomic E-state index is -1.97. The van der Waals surface area contributed by atoms with E-state index >= 15 is 0 Å². The lowest BCUT2D eigenvalue weighted by molar-refractivity contribution is -0.165. The number of anilines is 2. The molecule has 6 N–H and O–H groups in total. The fourth-order valence-electron chi connectivity index (χ4n) is 4.44. The molecule has 0 unspecified atom stereocenters.